The molecule has 1 atom stereocenters. The van der Waals surface area contributed by atoms with Crippen LogP contribution in [0.3, 0.4) is 0 Å². The van der Waals surface area contributed by atoms with Gasteiger partial charge in [0, 0.05) is 44.7 Å². The van der Waals surface area contributed by atoms with Crippen LogP contribution in [0.25, 0.3) is 11.1 Å². The predicted molar refractivity (Wildman–Crippen MR) is 107 cm³/mol. The Morgan fingerprint density at radius 3 is 2.64 bits per heavy atom. The van der Waals surface area contributed by atoms with Crippen LogP contribution in [-0.2, 0) is 21.4 Å². The fourth-order valence-electron chi connectivity index (χ4n) is 3.12. The molecule has 0 radical (unpaired) electrons. The Morgan fingerprint density at radius 2 is 2.00 bits per heavy atom. The Labute approximate surface area is 169 Å². The third-order valence-corrected chi connectivity index (χ3v) is 6.56. The van der Waals surface area contributed by atoms with Crippen molar-refractivity contribution in [3.8, 4) is 0 Å². The van der Waals surface area contributed by atoms with Crippen LogP contribution in [0.2, 0.25) is 0 Å². The Morgan fingerprint density at radius 1 is 1.32 bits per heavy atom. The van der Waals surface area contributed by atoms with Gasteiger partial charge in [-0.25, -0.2) is 13.2 Å². The summed E-state index contributed by atoms with van der Waals surface area (Å²) in [5.74, 6) is -0.845. The van der Waals surface area contributed by atoms with Crippen molar-refractivity contribution in [2.45, 2.75) is 43.7 Å². The normalized spacial score (nSPS) is 16.1. The van der Waals surface area contributed by atoms with E-state index in [4.69, 9.17) is 10.2 Å². The van der Waals surface area contributed by atoms with Gasteiger partial charge in [-0.1, -0.05) is 0 Å². The zero-order valence-electron chi connectivity index (χ0n) is 15.6. The maximum atomic E-state index is 12.7. The molecule has 3 N–H and O–H groups in total. The Bertz CT molecular complexity index is 995. The van der Waals surface area contributed by atoms with Gasteiger partial charge in [0.25, 0.3) is 0 Å². The molecule has 1 aliphatic rings. The first-order valence-electron chi connectivity index (χ1n) is 8.96. The van der Waals surface area contributed by atoms with Gasteiger partial charge in [-0.2, -0.15) is 4.31 Å². The van der Waals surface area contributed by atoms with E-state index in [1.54, 1.807) is 13.0 Å². The Balaban J connectivity index is 0.00000280. The number of hydrogen-bond donors (Lipinski definition) is 2. The van der Waals surface area contributed by atoms with E-state index in [9.17, 15) is 18.0 Å². The number of halogens is 1. The number of aromatic nitrogens is 1. The van der Waals surface area contributed by atoms with E-state index in [-0.39, 0.29) is 47.8 Å². The lowest BCUT2D eigenvalue weighted by atomic mass is 10.3. The summed E-state index contributed by atoms with van der Waals surface area (Å²) in [5, 5.41) is 2.73. The summed E-state index contributed by atoms with van der Waals surface area (Å²) in [5.41, 5.74) is 6.12. The van der Waals surface area contributed by atoms with Crippen molar-refractivity contribution >= 4 is 39.4 Å². The topological polar surface area (TPSA) is 128 Å². The SMILES string of the molecule is C[C@@H](CN)NC(=O)CCn1c(=O)oc2cc(S(=O)(=O)N3CCCC3)ccc21.Cl. The zero-order valence-corrected chi connectivity index (χ0v) is 17.2. The Kier molecular flexibility index (Phi) is 7.27. The molecule has 1 aliphatic heterocycles. The van der Waals surface area contributed by atoms with Crippen molar-refractivity contribution in [2.75, 3.05) is 19.6 Å². The van der Waals surface area contributed by atoms with Crippen molar-refractivity contribution in [3.63, 3.8) is 0 Å². The van der Waals surface area contributed by atoms with Crippen molar-refractivity contribution in [2.24, 2.45) is 5.73 Å². The van der Waals surface area contributed by atoms with E-state index in [2.05, 4.69) is 5.32 Å². The maximum Gasteiger partial charge on any atom is 0.419 e. The van der Waals surface area contributed by atoms with E-state index < -0.39 is 15.8 Å². The first kappa shape index (κ1) is 22.4. The van der Waals surface area contributed by atoms with E-state index in [0.29, 0.717) is 25.2 Å². The number of oxazole rings is 1. The van der Waals surface area contributed by atoms with Crippen LogP contribution >= 0.6 is 12.4 Å². The first-order valence-corrected chi connectivity index (χ1v) is 10.4. The molecule has 3 rings (SSSR count). The number of nitrogens with one attached hydrogen (secondary N) is 1. The molecular formula is C17H25ClN4O5S. The lowest BCUT2D eigenvalue weighted by Crippen LogP contribution is -2.38. The third kappa shape index (κ3) is 4.57. The second-order valence-corrected chi connectivity index (χ2v) is 8.65. The summed E-state index contributed by atoms with van der Waals surface area (Å²) in [6.07, 6.45) is 1.78. The zero-order chi connectivity index (χ0) is 19.6. The number of fused-ring (bicyclic) bond motifs is 1. The molecule has 1 aromatic carbocycles. The molecular weight excluding hydrogens is 408 g/mol. The van der Waals surface area contributed by atoms with E-state index in [1.165, 1.54) is 21.0 Å². The maximum absolute atomic E-state index is 12.7. The van der Waals surface area contributed by atoms with Crippen molar-refractivity contribution in [1.82, 2.24) is 14.2 Å². The molecule has 9 nitrogen and oxygen atoms in total. The van der Waals surface area contributed by atoms with Crippen LogP contribution in [0, 0.1) is 0 Å². The average Bonchev–Trinajstić information content (AvgIpc) is 3.27. The summed E-state index contributed by atoms with van der Waals surface area (Å²) in [7, 11) is -3.59. The number of benzene rings is 1. The highest BCUT2D eigenvalue weighted by molar-refractivity contribution is 7.89. The van der Waals surface area contributed by atoms with E-state index in [0.717, 1.165) is 12.8 Å². The smallest absolute Gasteiger partial charge is 0.408 e. The van der Waals surface area contributed by atoms with Gasteiger partial charge >= 0.3 is 5.76 Å². The number of carbonyl (C=O) groups excluding carboxylic acids is 1. The molecule has 1 aromatic heterocycles. The van der Waals surface area contributed by atoms with Crippen LogP contribution < -0.4 is 16.8 Å². The fourth-order valence-corrected chi connectivity index (χ4v) is 4.65. The molecule has 11 heteroatoms. The molecule has 0 bridgehead atoms. The minimum Gasteiger partial charge on any atom is -0.408 e. The van der Waals surface area contributed by atoms with E-state index in [1.807, 2.05) is 0 Å². The molecule has 2 aromatic rings. The van der Waals surface area contributed by atoms with Gasteiger partial charge in [-0.15, -0.1) is 12.4 Å². The molecule has 0 aliphatic carbocycles. The summed E-state index contributed by atoms with van der Waals surface area (Å²) in [6, 6.07) is 4.24. The van der Waals surface area contributed by atoms with Gasteiger partial charge in [-0.05, 0) is 31.9 Å². The molecule has 1 amide bonds. The molecule has 1 fully saturated rings. The van der Waals surface area contributed by atoms with Crippen LogP contribution in [0.4, 0.5) is 0 Å². The van der Waals surface area contributed by atoms with Gasteiger partial charge in [0.2, 0.25) is 15.9 Å². The lowest BCUT2D eigenvalue weighted by molar-refractivity contribution is -0.121. The average molecular weight is 433 g/mol. The highest BCUT2D eigenvalue weighted by Gasteiger charge is 2.28. The van der Waals surface area contributed by atoms with Gasteiger partial charge in [0.05, 0.1) is 10.4 Å². The second kappa shape index (κ2) is 9.08. The number of nitrogens with zero attached hydrogens (tertiary/aromatic N) is 2. The minimum absolute atomic E-state index is 0. The predicted octanol–water partition coefficient (Wildman–Crippen LogP) is 0.654. The number of aryl methyl sites for hydroxylation is 1. The van der Waals surface area contributed by atoms with Gasteiger partial charge < -0.3 is 15.5 Å². The quantitative estimate of drug-likeness (QED) is 0.661. The van der Waals surface area contributed by atoms with Crippen molar-refractivity contribution in [3.05, 3.63) is 28.7 Å². The first-order chi connectivity index (χ1) is 12.8. The van der Waals surface area contributed by atoms with Crippen LogP contribution in [0.15, 0.2) is 32.3 Å². The fraction of sp³-hybridized carbons (Fsp3) is 0.529. The molecule has 0 saturated carbocycles. The molecule has 28 heavy (non-hydrogen) atoms. The molecule has 156 valence electrons. The number of sulfonamides is 1. The largest absolute Gasteiger partial charge is 0.419 e. The third-order valence-electron chi connectivity index (χ3n) is 4.67. The second-order valence-electron chi connectivity index (χ2n) is 6.71. The van der Waals surface area contributed by atoms with E-state index >= 15 is 0 Å². The lowest BCUT2D eigenvalue weighted by Gasteiger charge is -2.15. The van der Waals surface area contributed by atoms with Crippen molar-refractivity contribution < 1.29 is 17.6 Å². The number of nitrogens with two attached hydrogens (primary N) is 1. The number of amides is 1. The Hall–Kier alpha value is -1.88. The number of hydrogen-bond acceptors (Lipinski definition) is 6. The monoisotopic (exact) mass is 432 g/mol. The summed E-state index contributed by atoms with van der Waals surface area (Å²) in [4.78, 5) is 24.1. The highest BCUT2D eigenvalue weighted by Crippen LogP contribution is 2.24. The highest BCUT2D eigenvalue weighted by atomic mass is 35.5. The molecule has 2 heterocycles. The number of rotatable bonds is 7. The van der Waals surface area contributed by atoms with Crippen LogP contribution in [0.1, 0.15) is 26.2 Å². The molecule has 1 saturated heterocycles. The van der Waals surface area contributed by atoms with Gasteiger partial charge in [0.1, 0.15) is 0 Å². The van der Waals surface area contributed by atoms with Crippen LogP contribution in [-0.4, -0.2) is 48.9 Å². The van der Waals surface area contributed by atoms with Gasteiger partial charge in [0.15, 0.2) is 5.58 Å². The molecule has 0 spiro atoms. The number of carbonyl (C=O) groups is 1. The molecule has 0 unspecified atom stereocenters. The summed E-state index contributed by atoms with van der Waals surface area (Å²) < 4.78 is 33.3. The summed E-state index contributed by atoms with van der Waals surface area (Å²) in [6.45, 7) is 3.25. The standard InChI is InChI=1S/C17H24N4O5S.ClH/c1-12(11-18)19-16(22)6-9-21-14-5-4-13(10-15(14)26-17(21)23)27(24,25)20-7-2-3-8-20;/h4-5,10,12H,2-3,6-9,11,18H2,1H3,(H,19,22);1H/t12-;/m0./s1. The van der Waals surface area contributed by atoms with Gasteiger partial charge in [-0.3, -0.25) is 9.36 Å². The summed E-state index contributed by atoms with van der Waals surface area (Å²) >= 11 is 0. The minimum atomic E-state index is -3.59. The van der Waals surface area contributed by atoms with Crippen molar-refractivity contribution in [1.29, 1.82) is 0 Å². The van der Waals surface area contributed by atoms with Crippen LogP contribution in [0.5, 0.6) is 0 Å².